The molecule has 0 spiro atoms. The van der Waals surface area contributed by atoms with Gasteiger partial charge in [0.2, 0.25) is 5.91 Å². The summed E-state index contributed by atoms with van der Waals surface area (Å²) in [5.41, 5.74) is 8.94. The minimum absolute atomic E-state index is 0.180. The van der Waals surface area contributed by atoms with E-state index in [2.05, 4.69) is 35.1 Å². The van der Waals surface area contributed by atoms with Crippen molar-refractivity contribution in [1.82, 2.24) is 20.6 Å². The first-order valence-electron chi connectivity index (χ1n) is 8.40. The molecule has 1 aromatic carbocycles. The van der Waals surface area contributed by atoms with Crippen LogP contribution >= 0.6 is 23.8 Å². The van der Waals surface area contributed by atoms with Gasteiger partial charge in [0, 0.05) is 28.5 Å². The number of hydrogen-bond acceptors (Lipinski definition) is 3. The number of carbonyl (C=O) groups excluding carboxylic acids is 1. The first-order chi connectivity index (χ1) is 12.3. The third-order valence-corrected chi connectivity index (χ3v) is 4.28. The van der Waals surface area contributed by atoms with Gasteiger partial charge in [-0.1, -0.05) is 25.4 Å². The molecule has 6 nitrogen and oxygen atoms in total. The molecule has 0 atom stereocenters. The average molecular weight is 394 g/mol. The Morgan fingerprint density at radius 1 is 1.23 bits per heavy atom. The van der Waals surface area contributed by atoms with Gasteiger partial charge >= 0.3 is 0 Å². The molecule has 26 heavy (non-hydrogen) atoms. The molecule has 0 radical (unpaired) electrons. The molecule has 0 saturated carbocycles. The van der Waals surface area contributed by atoms with Crippen molar-refractivity contribution in [2.45, 2.75) is 40.7 Å². The fourth-order valence-electron chi connectivity index (χ4n) is 2.54. The highest BCUT2D eigenvalue weighted by molar-refractivity contribution is 7.80. The third-order valence-electron chi connectivity index (χ3n) is 3.82. The molecule has 0 fully saturated rings. The van der Waals surface area contributed by atoms with Crippen molar-refractivity contribution in [2.75, 3.05) is 5.32 Å². The van der Waals surface area contributed by atoms with Gasteiger partial charge in [-0.2, -0.15) is 5.10 Å². The van der Waals surface area contributed by atoms with Crippen LogP contribution in [0.2, 0.25) is 5.02 Å². The smallest absolute Gasteiger partial charge is 0.242 e. The standard InChI is InChI=1S/C18H24ClN5OS/c1-11(2)10-24-13(4)16(12(3)23-24)9-17(25)21-22-18(26)20-15-7-5-14(19)6-8-15/h5-8,11H,9-10H2,1-4H3,(H,21,25)(H2,20,22,26). The SMILES string of the molecule is Cc1nn(CC(C)C)c(C)c1CC(=O)NNC(=S)Nc1ccc(Cl)cc1. The minimum atomic E-state index is -0.180. The van der Waals surface area contributed by atoms with E-state index in [4.69, 9.17) is 23.8 Å². The number of aryl methyl sites for hydroxylation is 1. The molecule has 2 rings (SSSR count). The molecule has 0 bridgehead atoms. The molecule has 8 heteroatoms. The molecule has 1 aromatic heterocycles. The maximum atomic E-state index is 12.2. The number of rotatable bonds is 5. The Hall–Kier alpha value is -2.12. The van der Waals surface area contributed by atoms with Gasteiger partial charge in [0.05, 0.1) is 12.1 Å². The Bertz CT molecular complexity index is 786. The first kappa shape index (κ1) is 20.2. The van der Waals surface area contributed by atoms with Gasteiger partial charge in [-0.3, -0.25) is 20.3 Å². The predicted molar refractivity (Wildman–Crippen MR) is 109 cm³/mol. The molecule has 3 N–H and O–H groups in total. The van der Waals surface area contributed by atoms with Crippen molar-refractivity contribution in [1.29, 1.82) is 0 Å². The van der Waals surface area contributed by atoms with E-state index in [9.17, 15) is 4.79 Å². The molecule has 1 amide bonds. The highest BCUT2D eigenvalue weighted by atomic mass is 35.5. The Labute approximate surface area is 164 Å². The summed E-state index contributed by atoms with van der Waals surface area (Å²) in [4.78, 5) is 12.2. The number of thiocarbonyl (C=S) groups is 1. The molecule has 1 heterocycles. The van der Waals surface area contributed by atoms with Gasteiger partial charge in [0.1, 0.15) is 0 Å². The quantitative estimate of drug-likeness (QED) is 0.536. The number of hydrogen-bond donors (Lipinski definition) is 3. The van der Waals surface area contributed by atoms with Gasteiger partial charge in [-0.15, -0.1) is 0 Å². The molecule has 140 valence electrons. The van der Waals surface area contributed by atoms with E-state index in [1.807, 2.05) is 18.5 Å². The number of halogens is 1. The van der Waals surface area contributed by atoms with Crippen LogP contribution in [0.1, 0.15) is 30.8 Å². The lowest BCUT2D eigenvalue weighted by molar-refractivity contribution is -0.121. The van der Waals surface area contributed by atoms with Crippen LogP contribution in [0.15, 0.2) is 24.3 Å². The van der Waals surface area contributed by atoms with Crippen LogP contribution in [0.4, 0.5) is 5.69 Å². The summed E-state index contributed by atoms with van der Waals surface area (Å²) in [6, 6.07) is 7.11. The maximum Gasteiger partial charge on any atom is 0.242 e. The van der Waals surface area contributed by atoms with Crippen molar-refractivity contribution in [3.63, 3.8) is 0 Å². The summed E-state index contributed by atoms with van der Waals surface area (Å²) in [6.45, 7) is 9.03. The Morgan fingerprint density at radius 2 is 1.88 bits per heavy atom. The van der Waals surface area contributed by atoms with Gasteiger partial charge in [-0.25, -0.2) is 0 Å². The van der Waals surface area contributed by atoms with E-state index in [-0.39, 0.29) is 12.3 Å². The number of hydrazine groups is 1. The van der Waals surface area contributed by atoms with Crippen molar-refractivity contribution in [2.24, 2.45) is 5.92 Å². The second-order valence-corrected chi connectivity index (χ2v) is 7.38. The van der Waals surface area contributed by atoms with Crippen molar-refractivity contribution >= 4 is 40.5 Å². The first-order valence-corrected chi connectivity index (χ1v) is 9.19. The largest absolute Gasteiger partial charge is 0.331 e. The van der Waals surface area contributed by atoms with E-state index in [0.29, 0.717) is 16.1 Å². The van der Waals surface area contributed by atoms with Crippen LogP contribution in [0.5, 0.6) is 0 Å². The fourth-order valence-corrected chi connectivity index (χ4v) is 2.84. The summed E-state index contributed by atoms with van der Waals surface area (Å²) in [5.74, 6) is 0.313. The van der Waals surface area contributed by atoms with E-state index >= 15 is 0 Å². The lowest BCUT2D eigenvalue weighted by Gasteiger charge is -2.12. The van der Waals surface area contributed by atoms with Crippen LogP contribution in [-0.4, -0.2) is 20.8 Å². The number of nitrogens with zero attached hydrogens (tertiary/aromatic N) is 2. The van der Waals surface area contributed by atoms with Gasteiger partial charge < -0.3 is 5.32 Å². The van der Waals surface area contributed by atoms with Crippen molar-refractivity contribution in [3.8, 4) is 0 Å². The number of carbonyl (C=O) groups is 1. The molecule has 0 unspecified atom stereocenters. The van der Waals surface area contributed by atoms with Crippen molar-refractivity contribution < 1.29 is 4.79 Å². The molecule has 0 aliphatic carbocycles. The van der Waals surface area contributed by atoms with Gasteiger partial charge in [0.25, 0.3) is 0 Å². The topological polar surface area (TPSA) is 71.0 Å². The summed E-state index contributed by atoms with van der Waals surface area (Å²) >= 11 is 11.0. The Kier molecular flexibility index (Phi) is 6.99. The Morgan fingerprint density at radius 3 is 2.50 bits per heavy atom. The third kappa shape index (κ3) is 5.71. The van der Waals surface area contributed by atoms with E-state index < -0.39 is 0 Å². The van der Waals surface area contributed by atoms with E-state index in [1.54, 1.807) is 24.3 Å². The molecule has 0 aliphatic rings. The van der Waals surface area contributed by atoms with Crippen LogP contribution in [0.3, 0.4) is 0 Å². The molecular weight excluding hydrogens is 370 g/mol. The maximum absolute atomic E-state index is 12.2. The van der Waals surface area contributed by atoms with Gasteiger partial charge in [0.15, 0.2) is 5.11 Å². The highest BCUT2D eigenvalue weighted by Crippen LogP contribution is 2.15. The molecule has 0 aliphatic heterocycles. The second-order valence-electron chi connectivity index (χ2n) is 6.54. The van der Waals surface area contributed by atoms with Crippen LogP contribution in [0, 0.1) is 19.8 Å². The molecule has 2 aromatic rings. The zero-order valence-electron chi connectivity index (χ0n) is 15.4. The van der Waals surface area contributed by atoms with E-state index in [1.165, 1.54) is 0 Å². The number of anilines is 1. The van der Waals surface area contributed by atoms with E-state index in [0.717, 1.165) is 29.2 Å². The summed E-state index contributed by atoms with van der Waals surface area (Å²) in [5, 5.41) is 8.44. The number of benzene rings is 1. The second kappa shape index (κ2) is 9.00. The zero-order chi connectivity index (χ0) is 19.3. The van der Waals surface area contributed by atoms with Crippen molar-refractivity contribution in [3.05, 3.63) is 46.2 Å². The van der Waals surface area contributed by atoms with Crippen LogP contribution in [-0.2, 0) is 17.8 Å². The monoisotopic (exact) mass is 393 g/mol. The average Bonchev–Trinajstić information content (AvgIpc) is 2.82. The highest BCUT2D eigenvalue weighted by Gasteiger charge is 2.15. The summed E-state index contributed by atoms with van der Waals surface area (Å²) in [6.07, 6.45) is 0.242. The molecular formula is C18H24ClN5OS. The lowest BCUT2D eigenvalue weighted by atomic mass is 10.1. The van der Waals surface area contributed by atoms with Gasteiger partial charge in [-0.05, 0) is 56.2 Å². The number of aromatic nitrogens is 2. The number of amides is 1. The Balaban J connectivity index is 1.87. The lowest BCUT2D eigenvalue weighted by Crippen LogP contribution is -2.44. The molecule has 0 saturated heterocycles. The summed E-state index contributed by atoms with van der Waals surface area (Å²) < 4.78 is 1.96. The predicted octanol–water partition coefficient (Wildman–Crippen LogP) is 3.37. The zero-order valence-corrected chi connectivity index (χ0v) is 17.0. The summed E-state index contributed by atoms with van der Waals surface area (Å²) in [7, 11) is 0. The van der Waals surface area contributed by atoms with Crippen LogP contribution in [0.25, 0.3) is 0 Å². The number of nitrogens with one attached hydrogen (secondary N) is 3. The fraction of sp³-hybridized carbons (Fsp3) is 0.389. The normalized spacial score (nSPS) is 10.7. The minimum Gasteiger partial charge on any atom is -0.331 e. The van der Waals surface area contributed by atoms with Crippen LogP contribution < -0.4 is 16.2 Å².